The van der Waals surface area contributed by atoms with Crippen LogP contribution in [0.5, 0.6) is 0 Å². The number of carbonyl (C=O) groups is 1. The second-order valence-electron chi connectivity index (χ2n) is 8.69. The molecule has 0 spiro atoms. The van der Waals surface area contributed by atoms with Gasteiger partial charge >= 0.3 is 4.87 Å². The number of benzene rings is 2. The highest BCUT2D eigenvalue weighted by molar-refractivity contribution is 7.89. The summed E-state index contributed by atoms with van der Waals surface area (Å²) < 4.78 is 30.1. The van der Waals surface area contributed by atoms with Gasteiger partial charge in [0.05, 0.1) is 15.1 Å². The molecule has 1 aliphatic rings. The molecule has 0 radical (unpaired) electrons. The molecule has 1 saturated heterocycles. The molecule has 3 aromatic rings. The van der Waals surface area contributed by atoms with Crippen LogP contribution in [0.25, 0.3) is 10.2 Å². The zero-order valence-corrected chi connectivity index (χ0v) is 20.7. The summed E-state index contributed by atoms with van der Waals surface area (Å²) >= 11 is 1.06. The molecule has 1 N–H and O–H groups in total. The number of thiazole rings is 1. The number of rotatable bonds is 6. The predicted molar refractivity (Wildman–Crippen MR) is 132 cm³/mol. The van der Waals surface area contributed by atoms with Crippen molar-refractivity contribution < 1.29 is 13.2 Å². The first-order valence-corrected chi connectivity index (χ1v) is 13.5. The molecule has 0 bridgehead atoms. The maximum atomic E-state index is 13.2. The Labute approximate surface area is 198 Å². The number of piperidine rings is 1. The number of anilines is 1. The number of aryl methyl sites for hydroxylation is 1. The molecule has 0 aliphatic carbocycles. The molecular weight excluding hydrogens is 458 g/mol. The Bertz CT molecular complexity index is 1320. The lowest BCUT2D eigenvalue weighted by Crippen LogP contribution is -2.41. The van der Waals surface area contributed by atoms with Gasteiger partial charge in [0.15, 0.2) is 0 Å². The third kappa shape index (κ3) is 4.76. The predicted octanol–water partition coefficient (Wildman–Crippen LogP) is 4.25. The maximum Gasteiger partial charge on any atom is 0.308 e. The van der Waals surface area contributed by atoms with Crippen molar-refractivity contribution in [3.05, 3.63) is 57.7 Å². The highest BCUT2D eigenvalue weighted by Crippen LogP contribution is 2.28. The standard InChI is InChI=1S/C24H29N3O4S2/c1-4-27-21-10-9-20(15-22(21)32-24(27)29)33(30,31)26-13-11-18(12-14-26)23(28)25-19-7-5-17(6-8-19)16(2)3/h5-10,15-16,18H,4,11-14H2,1-3H3,(H,25,28). The monoisotopic (exact) mass is 487 g/mol. The van der Waals surface area contributed by atoms with Crippen molar-refractivity contribution in [3.63, 3.8) is 0 Å². The Balaban J connectivity index is 1.42. The molecule has 0 unspecified atom stereocenters. The minimum atomic E-state index is -3.69. The minimum Gasteiger partial charge on any atom is -0.326 e. The summed E-state index contributed by atoms with van der Waals surface area (Å²) in [5.41, 5.74) is 2.72. The lowest BCUT2D eigenvalue weighted by molar-refractivity contribution is -0.120. The lowest BCUT2D eigenvalue weighted by atomic mass is 9.97. The van der Waals surface area contributed by atoms with Crippen LogP contribution < -0.4 is 10.2 Å². The highest BCUT2D eigenvalue weighted by Gasteiger charge is 2.32. The van der Waals surface area contributed by atoms with Gasteiger partial charge in [-0.15, -0.1) is 0 Å². The van der Waals surface area contributed by atoms with Crippen LogP contribution >= 0.6 is 11.3 Å². The maximum absolute atomic E-state index is 13.2. The van der Waals surface area contributed by atoms with Crippen molar-refractivity contribution in [2.75, 3.05) is 18.4 Å². The summed E-state index contributed by atoms with van der Waals surface area (Å²) in [5.74, 6) is 0.125. The van der Waals surface area contributed by atoms with E-state index in [-0.39, 0.29) is 34.7 Å². The van der Waals surface area contributed by atoms with E-state index in [0.717, 1.165) is 22.5 Å². The largest absolute Gasteiger partial charge is 0.326 e. The molecule has 2 heterocycles. The SMILES string of the molecule is CCn1c(=O)sc2cc(S(=O)(=O)N3CCC(C(=O)Nc4ccc(C(C)C)cc4)CC3)ccc21. The number of aromatic nitrogens is 1. The van der Waals surface area contributed by atoms with Gasteiger partial charge in [-0.3, -0.25) is 14.2 Å². The van der Waals surface area contributed by atoms with Crippen LogP contribution in [0.3, 0.4) is 0 Å². The fourth-order valence-electron chi connectivity index (χ4n) is 4.21. The van der Waals surface area contributed by atoms with Crippen LogP contribution in [0.4, 0.5) is 5.69 Å². The Kier molecular flexibility index (Phi) is 6.74. The van der Waals surface area contributed by atoms with E-state index in [4.69, 9.17) is 0 Å². The average Bonchev–Trinajstić information content (AvgIpc) is 3.13. The van der Waals surface area contributed by atoms with Crippen molar-refractivity contribution in [1.29, 1.82) is 0 Å². The van der Waals surface area contributed by atoms with Crippen LogP contribution in [0.15, 0.2) is 52.2 Å². The number of carbonyl (C=O) groups excluding carboxylic acids is 1. The van der Waals surface area contributed by atoms with Crippen molar-refractivity contribution in [2.24, 2.45) is 5.92 Å². The molecule has 4 rings (SSSR count). The van der Waals surface area contributed by atoms with E-state index >= 15 is 0 Å². The molecule has 0 atom stereocenters. The Morgan fingerprint density at radius 3 is 2.39 bits per heavy atom. The molecule has 1 amide bonds. The molecule has 0 saturated carbocycles. The van der Waals surface area contributed by atoms with E-state index in [0.29, 0.717) is 30.0 Å². The second kappa shape index (κ2) is 9.40. The fourth-order valence-corrected chi connectivity index (χ4v) is 6.78. The first-order chi connectivity index (χ1) is 15.7. The molecule has 9 heteroatoms. The van der Waals surface area contributed by atoms with Gasteiger partial charge in [-0.1, -0.05) is 37.3 Å². The van der Waals surface area contributed by atoms with Crippen LogP contribution in [-0.2, 0) is 21.4 Å². The minimum absolute atomic E-state index is 0.0727. The smallest absolute Gasteiger partial charge is 0.308 e. The Morgan fingerprint density at radius 2 is 1.79 bits per heavy atom. The number of nitrogens with zero attached hydrogens (tertiary/aromatic N) is 2. The number of amides is 1. The molecule has 33 heavy (non-hydrogen) atoms. The van der Waals surface area contributed by atoms with Gasteiger partial charge in [0.25, 0.3) is 0 Å². The van der Waals surface area contributed by atoms with E-state index < -0.39 is 10.0 Å². The van der Waals surface area contributed by atoms with Crippen molar-refractivity contribution in [3.8, 4) is 0 Å². The Hall–Kier alpha value is -2.49. The van der Waals surface area contributed by atoms with E-state index in [9.17, 15) is 18.0 Å². The van der Waals surface area contributed by atoms with Gasteiger partial charge in [0.2, 0.25) is 15.9 Å². The van der Waals surface area contributed by atoms with Crippen LogP contribution in [0.1, 0.15) is 45.1 Å². The summed E-state index contributed by atoms with van der Waals surface area (Å²) in [4.78, 5) is 24.9. The number of hydrogen-bond acceptors (Lipinski definition) is 5. The average molecular weight is 488 g/mol. The van der Waals surface area contributed by atoms with E-state index in [1.807, 2.05) is 31.2 Å². The summed E-state index contributed by atoms with van der Waals surface area (Å²) in [6.07, 6.45) is 0.938. The molecule has 2 aromatic carbocycles. The Morgan fingerprint density at radius 1 is 1.12 bits per heavy atom. The van der Waals surface area contributed by atoms with Crippen LogP contribution in [0, 0.1) is 5.92 Å². The first-order valence-electron chi connectivity index (χ1n) is 11.2. The lowest BCUT2D eigenvalue weighted by Gasteiger charge is -2.30. The third-order valence-electron chi connectivity index (χ3n) is 6.26. The molecule has 1 aliphatic heterocycles. The van der Waals surface area contributed by atoms with E-state index in [1.54, 1.807) is 22.8 Å². The number of fused-ring (bicyclic) bond motifs is 1. The third-order valence-corrected chi connectivity index (χ3v) is 9.10. The zero-order valence-electron chi connectivity index (χ0n) is 19.1. The molecular formula is C24H29N3O4S2. The van der Waals surface area contributed by atoms with Crippen LogP contribution in [0.2, 0.25) is 0 Å². The van der Waals surface area contributed by atoms with Crippen LogP contribution in [-0.4, -0.2) is 36.3 Å². The van der Waals surface area contributed by atoms with Gasteiger partial charge in [-0.25, -0.2) is 8.42 Å². The van der Waals surface area contributed by atoms with Gasteiger partial charge < -0.3 is 5.32 Å². The normalized spacial score (nSPS) is 15.9. The summed E-state index contributed by atoms with van der Waals surface area (Å²) in [5, 5.41) is 2.96. The number of nitrogens with one attached hydrogen (secondary N) is 1. The molecule has 1 fully saturated rings. The zero-order chi connectivity index (χ0) is 23.8. The van der Waals surface area contributed by atoms with Crippen molar-refractivity contribution in [2.45, 2.75) is 51.0 Å². The fraction of sp³-hybridized carbons (Fsp3) is 0.417. The summed E-state index contributed by atoms with van der Waals surface area (Å²) in [6.45, 7) is 7.25. The molecule has 176 valence electrons. The number of hydrogen-bond donors (Lipinski definition) is 1. The van der Waals surface area contributed by atoms with Gasteiger partial charge in [0.1, 0.15) is 0 Å². The number of sulfonamides is 1. The topological polar surface area (TPSA) is 88.5 Å². The first kappa shape index (κ1) is 23.7. The second-order valence-corrected chi connectivity index (χ2v) is 11.6. The van der Waals surface area contributed by atoms with Gasteiger partial charge in [-0.05, 0) is 61.6 Å². The van der Waals surface area contributed by atoms with Gasteiger partial charge in [0, 0.05) is 31.2 Å². The van der Waals surface area contributed by atoms with Crippen molar-refractivity contribution in [1.82, 2.24) is 8.87 Å². The van der Waals surface area contributed by atoms with Gasteiger partial charge in [-0.2, -0.15) is 4.31 Å². The van der Waals surface area contributed by atoms with E-state index in [2.05, 4.69) is 19.2 Å². The van der Waals surface area contributed by atoms with E-state index in [1.165, 1.54) is 9.87 Å². The summed E-state index contributed by atoms with van der Waals surface area (Å²) in [7, 11) is -3.69. The summed E-state index contributed by atoms with van der Waals surface area (Å²) in [6, 6.07) is 12.7. The quantitative estimate of drug-likeness (QED) is 0.563. The van der Waals surface area contributed by atoms with Crippen molar-refractivity contribution >= 4 is 43.2 Å². The molecule has 1 aromatic heterocycles. The molecule has 7 nitrogen and oxygen atoms in total. The highest BCUT2D eigenvalue weighted by atomic mass is 32.2.